The molecule has 1 aliphatic heterocycles. The molecule has 0 bridgehead atoms. The first-order chi connectivity index (χ1) is 8.22. The van der Waals surface area contributed by atoms with Gasteiger partial charge in [0.05, 0.1) is 11.1 Å². The Hall–Kier alpha value is -1.03. The van der Waals surface area contributed by atoms with E-state index in [0.717, 1.165) is 12.0 Å². The fourth-order valence-corrected chi connectivity index (χ4v) is 3.38. The molecule has 1 amide bonds. The number of rotatable bonds is 4. The van der Waals surface area contributed by atoms with Gasteiger partial charge >= 0.3 is 0 Å². The summed E-state index contributed by atoms with van der Waals surface area (Å²) in [6, 6.07) is 3.95. The van der Waals surface area contributed by atoms with E-state index in [-0.39, 0.29) is 5.91 Å². The van der Waals surface area contributed by atoms with Crippen molar-refractivity contribution < 1.29 is 4.79 Å². The summed E-state index contributed by atoms with van der Waals surface area (Å²) in [6.45, 7) is 5.11. The number of carbonyl (C=O) groups is 1. The predicted octanol–water partition coefficient (Wildman–Crippen LogP) is 2.53. The Labute approximate surface area is 107 Å². The van der Waals surface area contributed by atoms with Crippen molar-refractivity contribution in [3.63, 3.8) is 0 Å². The summed E-state index contributed by atoms with van der Waals surface area (Å²) in [7, 11) is 0. The van der Waals surface area contributed by atoms with Crippen molar-refractivity contribution >= 4 is 17.7 Å². The minimum absolute atomic E-state index is 0.261. The van der Waals surface area contributed by atoms with Gasteiger partial charge in [0.25, 0.3) is 0 Å². The van der Waals surface area contributed by atoms with Gasteiger partial charge in [0.1, 0.15) is 0 Å². The Bertz CT molecular complexity index is 382. The monoisotopic (exact) mass is 250 g/mol. The molecular weight excluding hydrogens is 232 g/mol. The topological polar surface area (TPSA) is 33.2 Å². The molecule has 17 heavy (non-hydrogen) atoms. The maximum atomic E-state index is 11.9. The smallest absolute Gasteiger partial charge is 0.233 e. The zero-order valence-corrected chi connectivity index (χ0v) is 11.1. The number of amides is 1. The lowest BCUT2D eigenvalue weighted by Crippen LogP contribution is -2.35. The molecule has 4 heteroatoms. The Balaban J connectivity index is 2.09. The second-order valence-electron chi connectivity index (χ2n) is 4.46. The fourth-order valence-electron chi connectivity index (χ4n) is 2.01. The van der Waals surface area contributed by atoms with Gasteiger partial charge < -0.3 is 4.90 Å². The summed E-state index contributed by atoms with van der Waals surface area (Å²) >= 11 is 1.77. The third-order valence-electron chi connectivity index (χ3n) is 3.24. The van der Waals surface area contributed by atoms with Crippen molar-refractivity contribution in [3.8, 4) is 0 Å². The second-order valence-corrected chi connectivity index (χ2v) is 5.57. The van der Waals surface area contributed by atoms with Crippen LogP contribution in [0.4, 0.5) is 0 Å². The molecule has 0 radical (unpaired) electrons. The highest BCUT2D eigenvalue weighted by Gasteiger charge is 2.34. The van der Waals surface area contributed by atoms with Crippen molar-refractivity contribution in [2.45, 2.75) is 32.2 Å². The summed E-state index contributed by atoms with van der Waals surface area (Å²) < 4.78 is 0. The number of thioether (sulfide) groups is 1. The van der Waals surface area contributed by atoms with Crippen molar-refractivity contribution in [1.29, 1.82) is 0 Å². The van der Waals surface area contributed by atoms with Crippen LogP contribution in [0, 0.1) is 5.92 Å². The van der Waals surface area contributed by atoms with E-state index in [0.29, 0.717) is 23.6 Å². The first kappa shape index (κ1) is 12.4. The summed E-state index contributed by atoms with van der Waals surface area (Å²) in [4.78, 5) is 17.9. The standard InChI is InChI=1S/C13H18N2OS/c1-3-10(2)13-15(12(16)9-17-13)8-11-4-6-14-7-5-11/h4-7,10,13H,3,8-9H2,1-2H3. The minimum atomic E-state index is 0.261. The Morgan fingerprint density at radius 2 is 2.24 bits per heavy atom. The van der Waals surface area contributed by atoms with Gasteiger partial charge in [-0.05, 0) is 23.6 Å². The normalized spacial score (nSPS) is 21.9. The van der Waals surface area contributed by atoms with Gasteiger partial charge in [-0.2, -0.15) is 0 Å². The Morgan fingerprint density at radius 1 is 1.53 bits per heavy atom. The van der Waals surface area contributed by atoms with E-state index < -0.39 is 0 Å². The third-order valence-corrected chi connectivity index (χ3v) is 4.71. The van der Waals surface area contributed by atoms with Crippen molar-refractivity contribution in [2.75, 3.05) is 5.75 Å². The van der Waals surface area contributed by atoms with Crippen LogP contribution in [0.15, 0.2) is 24.5 Å². The van der Waals surface area contributed by atoms with Crippen LogP contribution >= 0.6 is 11.8 Å². The minimum Gasteiger partial charge on any atom is -0.325 e. The number of pyridine rings is 1. The summed E-state index contributed by atoms with van der Waals surface area (Å²) in [5, 5.41) is 0.334. The SMILES string of the molecule is CCC(C)C1SCC(=O)N1Cc1ccncc1. The predicted molar refractivity (Wildman–Crippen MR) is 70.5 cm³/mol. The first-order valence-electron chi connectivity index (χ1n) is 6.02. The van der Waals surface area contributed by atoms with E-state index in [1.165, 1.54) is 0 Å². The molecule has 0 spiro atoms. The van der Waals surface area contributed by atoms with Crippen molar-refractivity contribution in [2.24, 2.45) is 5.92 Å². The fraction of sp³-hybridized carbons (Fsp3) is 0.538. The maximum Gasteiger partial charge on any atom is 0.233 e. The van der Waals surface area contributed by atoms with Gasteiger partial charge in [-0.25, -0.2) is 0 Å². The van der Waals surface area contributed by atoms with Crippen LogP contribution < -0.4 is 0 Å². The van der Waals surface area contributed by atoms with Crippen LogP contribution in [0.5, 0.6) is 0 Å². The van der Waals surface area contributed by atoms with E-state index in [2.05, 4.69) is 18.8 Å². The van der Waals surface area contributed by atoms with Gasteiger partial charge in [0.15, 0.2) is 0 Å². The molecule has 0 aliphatic carbocycles. The molecule has 1 aromatic heterocycles. The van der Waals surface area contributed by atoms with Gasteiger partial charge in [-0.1, -0.05) is 20.3 Å². The lowest BCUT2D eigenvalue weighted by molar-refractivity contribution is -0.129. The van der Waals surface area contributed by atoms with Crippen LogP contribution in [0.25, 0.3) is 0 Å². The van der Waals surface area contributed by atoms with Crippen LogP contribution in [-0.4, -0.2) is 26.9 Å². The number of carbonyl (C=O) groups excluding carboxylic acids is 1. The maximum absolute atomic E-state index is 11.9. The number of hydrogen-bond donors (Lipinski definition) is 0. The molecule has 0 saturated carbocycles. The third kappa shape index (κ3) is 2.80. The van der Waals surface area contributed by atoms with Crippen LogP contribution in [0.1, 0.15) is 25.8 Å². The second kappa shape index (κ2) is 5.54. The molecular formula is C13H18N2OS. The molecule has 2 heterocycles. The van der Waals surface area contributed by atoms with Gasteiger partial charge in [0.2, 0.25) is 5.91 Å². The molecule has 0 aromatic carbocycles. The highest BCUT2D eigenvalue weighted by Crippen LogP contribution is 2.33. The molecule has 2 rings (SSSR count). The molecule has 1 saturated heterocycles. The molecule has 92 valence electrons. The van der Waals surface area contributed by atoms with E-state index in [9.17, 15) is 4.79 Å². The summed E-state index contributed by atoms with van der Waals surface area (Å²) in [5.41, 5.74) is 1.16. The van der Waals surface area contributed by atoms with Crippen molar-refractivity contribution in [3.05, 3.63) is 30.1 Å². The quantitative estimate of drug-likeness (QED) is 0.823. The Morgan fingerprint density at radius 3 is 2.88 bits per heavy atom. The number of hydrogen-bond acceptors (Lipinski definition) is 3. The van der Waals surface area contributed by atoms with E-state index >= 15 is 0 Å². The molecule has 2 atom stereocenters. The lowest BCUT2D eigenvalue weighted by atomic mass is 10.1. The number of nitrogens with zero attached hydrogens (tertiary/aromatic N) is 2. The molecule has 3 nitrogen and oxygen atoms in total. The largest absolute Gasteiger partial charge is 0.325 e. The van der Waals surface area contributed by atoms with E-state index in [4.69, 9.17) is 0 Å². The molecule has 1 aliphatic rings. The summed E-state index contributed by atoms with van der Waals surface area (Å²) in [5.74, 6) is 1.44. The van der Waals surface area contributed by atoms with Crippen molar-refractivity contribution in [1.82, 2.24) is 9.88 Å². The highest BCUT2D eigenvalue weighted by atomic mass is 32.2. The first-order valence-corrected chi connectivity index (χ1v) is 7.07. The zero-order chi connectivity index (χ0) is 12.3. The molecule has 1 aromatic rings. The molecule has 1 fully saturated rings. The number of aromatic nitrogens is 1. The van der Waals surface area contributed by atoms with Crippen LogP contribution in [0.3, 0.4) is 0 Å². The zero-order valence-electron chi connectivity index (χ0n) is 10.3. The molecule has 0 N–H and O–H groups in total. The Kier molecular flexibility index (Phi) is 4.05. The average Bonchev–Trinajstić information content (AvgIpc) is 2.72. The van der Waals surface area contributed by atoms with Crippen LogP contribution in [0.2, 0.25) is 0 Å². The molecule has 2 unspecified atom stereocenters. The summed E-state index contributed by atoms with van der Waals surface area (Å²) in [6.07, 6.45) is 4.67. The van der Waals surface area contributed by atoms with E-state index in [1.807, 2.05) is 17.0 Å². The van der Waals surface area contributed by atoms with E-state index in [1.54, 1.807) is 24.2 Å². The average molecular weight is 250 g/mol. The van der Waals surface area contributed by atoms with Gasteiger partial charge in [0, 0.05) is 18.9 Å². The highest BCUT2D eigenvalue weighted by molar-refractivity contribution is 8.01. The lowest BCUT2D eigenvalue weighted by Gasteiger charge is -2.28. The van der Waals surface area contributed by atoms with Gasteiger partial charge in [-0.3, -0.25) is 9.78 Å². The van der Waals surface area contributed by atoms with Crippen LogP contribution in [-0.2, 0) is 11.3 Å². The van der Waals surface area contributed by atoms with Gasteiger partial charge in [-0.15, -0.1) is 11.8 Å².